The monoisotopic (exact) mass is 248 g/mol. The standard InChI is InChI=1S/C14H20N2O2/c1-15(8-9-17)10-13(18)11-16-7-6-12-4-2-3-5-14(12)16/h2-7,13,17-18H,8-11H2,1H3. The minimum Gasteiger partial charge on any atom is -0.395 e. The van der Waals surface area contributed by atoms with Crippen LogP contribution in [0.2, 0.25) is 0 Å². The molecule has 1 unspecified atom stereocenters. The van der Waals surface area contributed by atoms with Gasteiger partial charge in [0.15, 0.2) is 0 Å². The van der Waals surface area contributed by atoms with Crippen LogP contribution < -0.4 is 0 Å². The Morgan fingerprint density at radius 2 is 2.06 bits per heavy atom. The van der Waals surface area contributed by atoms with Gasteiger partial charge in [-0.2, -0.15) is 0 Å². The summed E-state index contributed by atoms with van der Waals surface area (Å²) in [6.07, 6.45) is 1.57. The van der Waals surface area contributed by atoms with Crippen LogP contribution in [0, 0.1) is 0 Å². The first-order valence-corrected chi connectivity index (χ1v) is 6.22. The molecule has 0 bridgehead atoms. The molecule has 18 heavy (non-hydrogen) atoms. The Hall–Kier alpha value is -1.36. The first-order valence-electron chi connectivity index (χ1n) is 6.22. The maximum absolute atomic E-state index is 10.0. The second kappa shape index (κ2) is 6.00. The minimum atomic E-state index is -0.433. The molecule has 0 saturated carbocycles. The number of fused-ring (bicyclic) bond motifs is 1. The van der Waals surface area contributed by atoms with Gasteiger partial charge in [-0.05, 0) is 24.6 Å². The van der Waals surface area contributed by atoms with Crippen molar-refractivity contribution in [3.8, 4) is 0 Å². The summed E-state index contributed by atoms with van der Waals surface area (Å²) in [6.45, 7) is 1.84. The lowest BCUT2D eigenvalue weighted by Gasteiger charge is -2.20. The van der Waals surface area contributed by atoms with E-state index < -0.39 is 6.10 Å². The Kier molecular flexibility index (Phi) is 4.36. The van der Waals surface area contributed by atoms with Gasteiger partial charge in [-0.3, -0.25) is 0 Å². The zero-order valence-corrected chi connectivity index (χ0v) is 10.7. The number of rotatable bonds is 6. The van der Waals surface area contributed by atoms with Gasteiger partial charge in [0.05, 0.1) is 12.7 Å². The smallest absolute Gasteiger partial charge is 0.0845 e. The van der Waals surface area contributed by atoms with Gasteiger partial charge in [-0.25, -0.2) is 0 Å². The average Bonchev–Trinajstić information content (AvgIpc) is 2.73. The van der Waals surface area contributed by atoms with Crippen molar-refractivity contribution >= 4 is 10.9 Å². The lowest BCUT2D eigenvalue weighted by atomic mass is 10.2. The molecule has 1 heterocycles. The summed E-state index contributed by atoms with van der Waals surface area (Å²) < 4.78 is 2.06. The van der Waals surface area contributed by atoms with Crippen molar-refractivity contribution in [1.82, 2.24) is 9.47 Å². The predicted molar refractivity (Wildman–Crippen MR) is 72.5 cm³/mol. The van der Waals surface area contributed by atoms with Crippen LogP contribution in [0.4, 0.5) is 0 Å². The Balaban J connectivity index is 2.00. The van der Waals surface area contributed by atoms with E-state index in [1.807, 2.05) is 30.3 Å². The van der Waals surface area contributed by atoms with Crippen LogP contribution >= 0.6 is 0 Å². The molecule has 0 aliphatic heterocycles. The molecule has 4 heteroatoms. The van der Waals surface area contributed by atoms with Crippen LogP contribution in [0.5, 0.6) is 0 Å². The molecule has 0 aliphatic rings. The third-order valence-electron chi connectivity index (χ3n) is 3.09. The lowest BCUT2D eigenvalue weighted by molar-refractivity contribution is 0.102. The zero-order valence-electron chi connectivity index (χ0n) is 10.7. The number of nitrogens with zero attached hydrogens (tertiary/aromatic N) is 2. The van der Waals surface area contributed by atoms with Crippen LogP contribution in [0.25, 0.3) is 10.9 Å². The van der Waals surface area contributed by atoms with E-state index in [2.05, 4.69) is 22.8 Å². The van der Waals surface area contributed by atoms with Gasteiger partial charge in [0.1, 0.15) is 0 Å². The number of likely N-dealkylation sites (N-methyl/N-ethyl adjacent to an activating group) is 1. The molecular weight excluding hydrogens is 228 g/mol. The summed E-state index contributed by atoms with van der Waals surface area (Å²) in [5, 5.41) is 20.0. The van der Waals surface area contributed by atoms with Gasteiger partial charge in [0.2, 0.25) is 0 Å². The molecule has 0 radical (unpaired) electrons. The summed E-state index contributed by atoms with van der Waals surface area (Å²) in [5.41, 5.74) is 1.14. The number of aliphatic hydroxyl groups is 2. The van der Waals surface area contributed by atoms with Crippen molar-refractivity contribution < 1.29 is 10.2 Å². The summed E-state index contributed by atoms with van der Waals surface area (Å²) >= 11 is 0. The molecule has 98 valence electrons. The van der Waals surface area contributed by atoms with Crippen LogP contribution in [-0.2, 0) is 6.54 Å². The van der Waals surface area contributed by atoms with Gasteiger partial charge in [-0.1, -0.05) is 18.2 Å². The molecule has 2 N–H and O–H groups in total. The van der Waals surface area contributed by atoms with E-state index >= 15 is 0 Å². The molecule has 1 aromatic carbocycles. The molecule has 1 atom stereocenters. The summed E-state index contributed by atoms with van der Waals surface area (Å²) in [4.78, 5) is 1.93. The first-order chi connectivity index (χ1) is 8.70. The second-order valence-electron chi connectivity index (χ2n) is 4.67. The van der Waals surface area contributed by atoms with Crippen LogP contribution in [0.1, 0.15) is 0 Å². The normalized spacial score (nSPS) is 13.3. The Bertz CT molecular complexity index is 495. The molecule has 0 spiro atoms. The molecule has 2 aromatic rings. The fraction of sp³-hybridized carbons (Fsp3) is 0.429. The van der Waals surface area contributed by atoms with Crippen molar-refractivity contribution in [3.63, 3.8) is 0 Å². The van der Waals surface area contributed by atoms with E-state index in [9.17, 15) is 5.11 Å². The minimum absolute atomic E-state index is 0.121. The highest BCUT2D eigenvalue weighted by atomic mass is 16.3. The highest BCUT2D eigenvalue weighted by Gasteiger charge is 2.10. The number of benzene rings is 1. The van der Waals surface area contributed by atoms with Gasteiger partial charge in [-0.15, -0.1) is 0 Å². The number of hydrogen-bond donors (Lipinski definition) is 2. The van der Waals surface area contributed by atoms with Crippen LogP contribution in [0.15, 0.2) is 36.5 Å². The quantitative estimate of drug-likeness (QED) is 0.799. The van der Waals surface area contributed by atoms with Gasteiger partial charge in [0, 0.05) is 31.3 Å². The fourth-order valence-corrected chi connectivity index (χ4v) is 2.21. The maximum atomic E-state index is 10.0. The van der Waals surface area contributed by atoms with Crippen molar-refractivity contribution in [3.05, 3.63) is 36.5 Å². The maximum Gasteiger partial charge on any atom is 0.0845 e. The van der Waals surface area contributed by atoms with Crippen molar-refractivity contribution in [2.24, 2.45) is 0 Å². The highest BCUT2D eigenvalue weighted by molar-refractivity contribution is 5.79. The Morgan fingerprint density at radius 3 is 2.83 bits per heavy atom. The molecule has 4 nitrogen and oxygen atoms in total. The van der Waals surface area contributed by atoms with Crippen molar-refractivity contribution in [1.29, 1.82) is 0 Å². The SMILES string of the molecule is CN(CCO)CC(O)Cn1ccc2ccccc21. The summed E-state index contributed by atoms with van der Waals surface area (Å²) in [6, 6.07) is 10.2. The first kappa shape index (κ1) is 13.1. The lowest BCUT2D eigenvalue weighted by Crippen LogP contribution is -2.33. The van der Waals surface area contributed by atoms with E-state index in [0.29, 0.717) is 19.6 Å². The van der Waals surface area contributed by atoms with Crippen LogP contribution in [0.3, 0.4) is 0 Å². The third-order valence-corrected chi connectivity index (χ3v) is 3.09. The van der Waals surface area contributed by atoms with E-state index in [1.54, 1.807) is 0 Å². The molecular formula is C14H20N2O2. The van der Waals surface area contributed by atoms with Crippen molar-refractivity contribution in [2.75, 3.05) is 26.7 Å². The summed E-state index contributed by atoms with van der Waals surface area (Å²) in [5.74, 6) is 0. The third kappa shape index (κ3) is 3.10. The molecule has 0 amide bonds. The number of aromatic nitrogens is 1. The molecule has 1 aromatic heterocycles. The average molecular weight is 248 g/mol. The van der Waals surface area contributed by atoms with E-state index in [1.165, 1.54) is 5.39 Å². The predicted octanol–water partition coefficient (Wildman–Crippen LogP) is 0.926. The highest BCUT2D eigenvalue weighted by Crippen LogP contribution is 2.15. The summed E-state index contributed by atoms with van der Waals surface area (Å²) in [7, 11) is 1.90. The topological polar surface area (TPSA) is 48.6 Å². The Morgan fingerprint density at radius 1 is 1.28 bits per heavy atom. The number of hydrogen-bond acceptors (Lipinski definition) is 3. The van der Waals surface area contributed by atoms with Gasteiger partial charge < -0.3 is 19.7 Å². The van der Waals surface area contributed by atoms with Gasteiger partial charge >= 0.3 is 0 Å². The van der Waals surface area contributed by atoms with Crippen LogP contribution in [-0.4, -0.2) is 52.5 Å². The number of para-hydroxylation sites is 1. The molecule has 0 fully saturated rings. The van der Waals surface area contributed by atoms with E-state index in [-0.39, 0.29) is 6.61 Å². The molecule has 2 rings (SSSR count). The number of aliphatic hydroxyl groups excluding tert-OH is 2. The fourth-order valence-electron chi connectivity index (χ4n) is 2.21. The molecule has 0 aliphatic carbocycles. The van der Waals surface area contributed by atoms with Gasteiger partial charge in [0.25, 0.3) is 0 Å². The zero-order chi connectivity index (χ0) is 13.0. The second-order valence-corrected chi connectivity index (χ2v) is 4.67. The largest absolute Gasteiger partial charge is 0.395 e. The van der Waals surface area contributed by atoms with E-state index in [4.69, 9.17) is 5.11 Å². The van der Waals surface area contributed by atoms with E-state index in [0.717, 1.165) is 5.52 Å². The van der Waals surface area contributed by atoms with Crippen molar-refractivity contribution in [2.45, 2.75) is 12.6 Å². The molecule has 0 saturated heterocycles. The Labute approximate surface area is 107 Å².